The van der Waals surface area contributed by atoms with Crippen LogP contribution >= 0.6 is 15.9 Å². The smallest absolute Gasteiger partial charge is 0.241 e. The van der Waals surface area contributed by atoms with Gasteiger partial charge >= 0.3 is 0 Å². The van der Waals surface area contributed by atoms with Gasteiger partial charge in [0.1, 0.15) is 0 Å². The average molecular weight is 344 g/mol. The molecule has 0 amide bonds. The number of hydrogen-bond donors (Lipinski definition) is 2. The van der Waals surface area contributed by atoms with Crippen molar-refractivity contribution in [3.63, 3.8) is 0 Å². The molecule has 0 aliphatic heterocycles. The van der Waals surface area contributed by atoms with Crippen LogP contribution in [0.2, 0.25) is 0 Å². The number of benzene rings is 2. The van der Waals surface area contributed by atoms with Gasteiger partial charge in [0.2, 0.25) is 10.0 Å². The molecular weight excluding hydrogens is 330 g/mol. The lowest BCUT2D eigenvalue weighted by Gasteiger charge is -2.11. The molecule has 1 unspecified atom stereocenters. The van der Waals surface area contributed by atoms with Crippen LogP contribution in [0.15, 0.2) is 45.8 Å². The zero-order chi connectivity index (χ0) is 14.0. The summed E-state index contributed by atoms with van der Waals surface area (Å²) in [7, 11) is -3.63. The Morgan fingerprint density at radius 2 is 1.84 bits per heavy atom. The molecule has 0 bridgehead atoms. The van der Waals surface area contributed by atoms with Crippen LogP contribution in [-0.4, -0.2) is 26.2 Å². The molecule has 102 valence electrons. The number of sulfonamides is 1. The van der Waals surface area contributed by atoms with Crippen molar-refractivity contribution in [3.8, 4) is 0 Å². The minimum atomic E-state index is -3.63. The van der Waals surface area contributed by atoms with Crippen molar-refractivity contribution in [2.24, 2.45) is 0 Å². The highest BCUT2D eigenvalue weighted by Crippen LogP contribution is 2.29. The van der Waals surface area contributed by atoms with Crippen LogP contribution in [0.1, 0.15) is 6.92 Å². The highest BCUT2D eigenvalue weighted by atomic mass is 79.9. The Bertz CT molecular complexity index is 698. The first-order valence-electron chi connectivity index (χ1n) is 5.77. The first-order chi connectivity index (χ1) is 8.92. The maximum atomic E-state index is 12.2. The van der Waals surface area contributed by atoms with Crippen molar-refractivity contribution in [1.82, 2.24) is 4.72 Å². The predicted molar refractivity (Wildman–Crippen MR) is 78.5 cm³/mol. The van der Waals surface area contributed by atoms with E-state index in [2.05, 4.69) is 20.7 Å². The summed E-state index contributed by atoms with van der Waals surface area (Å²) in [6, 6.07) is 10.5. The summed E-state index contributed by atoms with van der Waals surface area (Å²) in [4.78, 5) is 0.215. The van der Waals surface area contributed by atoms with Gasteiger partial charge < -0.3 is 5.11 Å². The summed E-state index contributed by atoms with van der Waals surface area (Å²) < 4.78 is 27.7. The lowest BCUT2D eigenvalue weighted by molar-refractivity contribution is 0.198. The summed E-state index contributed by atoms with van der Waals surface area (Å²) in [6.07, 6.45) is -0.725. The third-order valence-electron chi connectivity index (χ3n) is 2.69. The van der Waals surface area contributed by atoms with Crippen LogP contribution in [0.25, 0.3) is 10.8 Å². The zero-order valence-electron chi connectivity index (χ0n) is 10.3. The molecule has 0 spiro atoms. The molecule has 0 aromatic heterocycles. The molecule has 0 saturated heterocycles. The maximum absolute atomic E-state index is 12.2. The topological polar surface area (TPSA) is 66.4 Å². The SMILES string of the molecule is CC(O)CNS(=O)(=O)c1ccc(Br)c2ccccc12. The third kappa shape index (κ3) is 3.14. The van der Waals surface area contributed by atoms with Crippen LogP contribution in [0, 0.1) is 0 Å². The molecule has 6 heteroatoms. The number of hydrogen-bond acceptors (Lipinski definition) is 3. The maximum Gasteiger partial charge on any atom is 0.241 e. The quantitative estimate of drug-likeness (QED) is 0.894. The molecule has 19 heavy (non-hydrogen) atoms. The molecule has 1 atom stereocenters. The van der Waals surface area contributed by atoms with Gasteiger partial charge in [0.05, 0.1) is 11.0 Å². The normalized spacial score (nSPS) is 13.6. The fourth-order valence-electron chi connectivity index (χ4n) is 1.78. The molecule has 0 fully saturated rings. The van der Waals surface area contributed by atoms with Crippen molar-refractivity contribution >= 4 is 36.7 Å². The third-order valence-corrected chi connectivity index (χ3v) is 4.86. The second-order valence-electron chi connectivity index (χ2n) is 4.29. The number of rotatable bonds is 4. The van der Waals surface area contributed by atoms with Crippen molar-refractivity contribution in [2.45, 2.75) is 17.9 Å². The van der Waals surface area contributed by atoms with Crippen molar-refractivity contribution in [2.75, 3.05) is 6.54 Å². The molecule has 0 radical (unpaired) electrons. The highest BCUT2D eigenvalue weighted by molar-refractivity contribution is 9.10. The summed E-state index contributed by atoms with van der Waals surface area (Å²) in [5.41, 5.74) is 0. The van der Waals surface area contributed by atoms with Gasteiger partial charge in [-0.3, -0.25) is 0 Å². The number of nitrogens with one attached hydrogen (secondary N) is 1. The standard InChI is InChI=1S/C13H14BrNO3S/c1-9(16)8-15-19(17,18)13-7-6-12(14)10-4-2-3-5-11(10)13/h2-7,9,15-16H,8H2,1H3. The van der Waals surface area contributed by atoms with Crippen molar-refractivity contribution < 1.29 is 13.5 Å². The van der Waals surface area contributed by atoms with Gasteiger partial charge in [-0.25, -0.2) is 13.1 Å². The second kappa shape index (κ2) is 5.58. The van der Waals surface area contributed by atoms with Gasteiger partial charge in [-0.05, 0) is 24.4 Å². The Kier molecular flexibility index (Phi) is 4.25. The Morgan fingerprint density at radius 3 is 2.47 bits per heavy atom. The monoisotopic (exact) mass is 343 g/mol. The first-order valence-corrected chi connectivity index (χ1v) is 8.04. The van der Waals surface area contributed by atoms with E-state index in [0.717, 1.165) is 9.86 Å². The fraction of sp³-hybridized carbons (Fsp3) is 0.231. The summed E-state index contributed by atoms with van der Waals surface area (Å²) in [6.45, 7) is 1.52. The van der Waals surface area contributed by atoms with E-state index in [1.54, 1.807) is 24.3 Å². The summed E-state index contributed by atoms with van der Waals surface area (Å²) >= 11 is 3.40. The Hall–Kier alpha value is -0.950. The van der Waals surface area contributed by atoms with E-state index in [1.807, 2.05) is 12.1 Å². The van der Waals surface area contributed by atoms with E-state index in [0.29, 0.717) is 5.39 Å². The van der Waals surface area contributed by atoms with E-state index in [4.69, 9.17) is 0 Å². The molecular formula is C13H14BrNO3S. The lowest BCUT2D eigenvalue weighted by atomic mass is 10.1. The van der Waals surface area contributed by atoms with Crippen LogP contribution < -0.4 is 4.72 Å². The Morgan fingerprint density at radius 1 is 1.21 bits per heavy atom. The van der Waals surface area contributed by atoms with Gasteiger partial charge in [0.25, 0.3) is 0 Å². The molecule has 0 aliphatic carbocycles. The molecule has 4 nitrogen and oxygen atoms in total. The van der Waals surface area contributed by atoms with Crippen molar-refractivity contribution in [3.05, 3.63) is 40.9 Å². The fourth-order valence-corrected chi connectivity index (χ4v) is 3.59. The van der Waals surface area contributed by atoms with Crippen LogP contribution in [-0.2, 0) is 10.0 Å². The summed E-state index contributed by atoms with van der Waals surface area (Å²) in [5, 5.41) is 10.7. The zero-order valence-corrected chi connectivity index (χ0v) is 12.7. The predicted octanol–water partition coefficient (Wildman–Crippen LogP) is 2.26. The van der Waals surface area contributed by atoms with Crippen LogP contribution in [0.5, 0.6) is 0 Å². The van der Waals surface area contributed by atoms with E-state index < -0.39 is 16.1 Å². The molecule has 0 aliphatic rings. The van der Waals surface area contributed by atoms with E-state index in [1.165, 1.54) is 6.92 Å². The highest BCUT2D eigenvalue weighted by Gasteiger charge is 2.18. The molecule has 2 rings (SSSR count). The first kappa shape index (κ1) is 14.5. The number of aliphatic hydroxyl groups is 1. The van der Waals surface area contributed by atoms with E-state index in [9.17, 15) is 13.5 Å². The lowest BCUT2D eigenvalue weighted by Crippen LogP contribution is -2.30. The van der Waals surface area contributed by atoms with Gasteiger partial charge in [-0.1, -0.05) is 40.2 Å². The Labute approximate surface area is 120 Å². The summed E-state index contributed by atoms with van der Waals surface area (Å²) in [5.74, 6) is 0. The number of halogens is 1. The second-order valence-corrected chi connectivity index (χ2v) is 6.88. The Balaban J connectivity index is 2.54. The van der Waals surface area contributed by atoms with Crippen LogP contribution in [0.3, 0.4) is 0 Å². The largest absolute Gasteiger partial charge is 0.392 e. The molecule has 2 N–H and O–H groups in total. The van der Waals surface area contributed by atoms with Gasteiger partial charge in [0, 0.05) is 16.4 Å². The molecule has 0 saturated carbocycles. The van der Waals surface area contributed by atoms with Crippen molar-refractivity contribution in [1.29, 1.82) is 0 Å². The van der Waals surface area contributed by atoms with E-state index >= 15 is 0 Å². The molecule has 0 heterocycles. The van der Waals surface area contributed by atoms with E-state index in [-0.39, 0.29) is 11.4 Å². The minimum absolute atomic E-state index is 0.00722. The number of fused-ring (bicyclic) bond motifs is 1. The van der Waals surface area contributed by atoms with Gasteiger partial charge in [0.15, 0.2) is 0 Å². The number of aliphatic hydroxyl groups excluding tert-OH is 1. The minimum Gasteiger partial charge on any atom is -0.392 e. The molecule has 2 aromatic carbocycles. The van der Waals surface area contributed by atoms with Gasteiger partial charge in [-0.15, -0.1) is 0 Å². The average Bonchev–Trinajstić information content (AvgIpc) is 2.37. The van der Waals surface area contributed by atoms with Gasteiger partial charge in [-0.2, -0.15) is 0 Å². The molecule has 2 aromatic rings. The van der Waals surface area contributed by atoms with Crippen LogP contribution in [0.4, 0.5) is 0 Å².